The van der Waals surface area contributed by atoms with Crippen molar-refractivity contribution < 1.29 is 0 Å². The molecule has 0 saturated heterocycles. The Kier molecular flexibility index (Phi) is 3.57. The second-order valence-electron chi connectivity index (χ2n) is 5.03. The fourth-order valence-corrected chi connectivity index (χ4v) is 2.91. The first kappa shape index (κ1) is 13.3. The van der Waals surface area contributed by atoms with Gasteiger partial charge in [-0.3, -0.25) is 4.68 Å². The normalized spacial score (nSPS) is 14.1. The lowest BCUT2D eigenvalue weighted by Crippen LogP contribution is -2.34. The van der Waals surface area contributed by atoms with Gasteiger partial charge in [0.1, 0.15) is 0 Å². The largest absolute Gasteiger partial charge is 0.382 e. The highest BCUT2D eigenvalue weighted by Gasteiger charge is 2.20. The number of nitrogens with zero attached hydrogens (tertiary/aromatic N) is 3. The number of anilines is 2. The van der Waals surface area contributed by atoms with E-state index >= 15 is 0 Å². The van der Waals surface area contributed by atoms with E-state index in [0.29, 0.717) is 0 Å². The van der Waals surface area contributed by atoms with Gasteiger partial charge in [-0.15, -0.1) is 0 Å². The Morgan fingerprint density at radius 3 is 2.95 bits per heavy atom. The van der Waals surface area contributed by atoms with Gasteiger partial charge in [-0.25, -0.2) is 0 Å². The Hall–Kier alpha value is -1.68. The van der Waals surface area contributed by atoms with Crippen molar-refractivity contribution in [3.05, 3.63) is 40.7 Å². The first-order valence-corrected chi connectivity index (χ1v) is 7.38. The van der Waals surface area contributed by atoms with Gasteiger partial charge in [-0.1, -0.05) is 23.7 Å². The fourth-order valence-electron chi connectivity index (χ4n) is 2.71. The third-order valence-corrected chi connectivity index (χ3v) is 4.23. The first-order chi connectivity index (χ1) is 9.70. The van der Waals surface area contributed by atoms with Crippen molar-refractivity contribution in [3.8, 4) is 0 Å². The molecule has 0 fully saturated rings. The van der Waals surface area contributed by atoms with E-state index in [1.807, 2.05) is 11.6 Å². The summed E-state index contributed by atoms with van der Waals surface area (Å²) < 4.78 is 2.00. The Labute approximate surface area is 124 Å². The van der Waals surface area contributed by atoms with Gasteiger partial charge in [0.15, 0.2) is 0 Å². The summed E-state index contributed by atoms with van der Waals surface area (Å²) in [6, 6.07) is 8.39. The van der Waals surface area contributed by atoms with E-state index in [4.69, 9.17) is 11.6 Å². The predicted octanol–water partition coefficient (Wildman–Crippen LogP) is 3.30. The molecular weight excluding hydrogens is 272 g/mol. The van der Waals surface area contributed by atoms with Crippen molar-refractivity contribution in [2.45, 2.75) is 26.9 Å². The zero-order valence-corrected chi connectivity index (χ0v) is 12.6. The smallest absolute Gasteiger partial charge is 0.0865 e. The SMILES string of the molecule is CCn1nc(C)c(Cl)c1CN1CCNc2ccccc21. The minimum Gasteiger partial charge on any atom is -0.382 e. The molecule has 0 amide bonds. The maximum absolute atomic E-state index is 6.41. The fraction of sp³-hybridized carbons (Fsp3) is 0.400. The molecule has 0 bridgehead atoms. The van der Waals surface area contributed by atoms with Crippen LogP contribution in [0.5, 0.6) is 0 Å². The van der Waals surface area contributed by atoms with Crippen LogP contribution in [-0.4, -0.2) is 22.9 Å². The number of fused-ring (bicyclic) bond motifs is 1. The van der Waals surface area contributed by atoms with Crippen molar-refractivity contribution in [2.75, 3.05) is 23.3 Å². The molecule has 0 atom stereocenters. The molecule has 0 saturated carbocycles. The van der Waals surface area contributed by atoms with Crippen LogP contribution in [0.4, 0.5) is 11.4 Å². The summed E-state index contributed by atoms with van der Waals surface area (Å²) in [5.74, 6) is 0. The highest BCUT2D eigenvalue weighted by atomic mass is 35.5. The molecule has 1 aromatic heterocycles. The number of halogens is 1. The van der Waals surface area contributed by atoms with Crippen LogP contribution in [0.25, 0.3) is 0 Å². The van der Waals surface area contributed by atoms with E-state index in [1.54, 1.807) is 0 Å². The number of nitrogens with one attached hydrogen (secondary N) is 1. The van der Waals surface area contributed by atoms with Gasteiger partial charge in [-0.2, -0.15) is 5.10 Å². The van der Waals surface area contributed by atoms with E-state index in [-0.39, 0.29) is 0 Å². The highest BCUT2D eigenvalue weighted by molar-refractivity contribution is 6.31. The van der Waals surface area contributed by atoms with Crippen LogP contribution in [0.15, 0.2) is 24.3 Å². The van der Waals surface area contributed by atoms with Gasteiger partial charge in [0.25, 0.3) is 0 Å². The average Bonchev–Trinajstić information content (AvgIpc) is 2.75. The molecule has 0 spiro atoms. The number of para-hydroxylation sites is 2. The zero-order chi connectivity index (χ0) is 14.1. The Balaban J connectivity index is 1.93. The third kappa shape index (κ3) is 2.24. The van der Waals surface area contributed by atoms with Crippen molar-refractivity contribution in [3.63, 3.8) is 0 Å². The lowest BCUT2D eigenvalue weighted by Gasteiger charge is -2.32. The van der Waals surface area contributed by atoms with Crippen molar-refractivity contribution in [2.24, 2.45) is 0 Å². The van der Waals surface area contributed by atoms with E-state index in [9.17, 15) is 0 Å². The molecule has 1 aliphatic heterocycles. The second-order valence-corrected chi connectivity index (χ2v) is 5.41. The van der Waals surface area contributed by atoms with Crippen molar-refractivity contribution in [1.82, 2.24) is 9.78 Å². The number of benzene rings is 1. The van der Waals surface area contributed by atoms with E-state index < -0.39 is 0 Å². The molecule has 5 heteroatoms. The lowest BCUT2D eigenvalue weighted by molar-refractivity contribution is 0.605. The second kappa shape index (κ2) is 5.37. The predicted molar refractivity (Wildman–Crippen MR) is 83.6 cm³/mol. The minimum absolute atomic E-state index is 0.794. The van der Waals surface area contributed by atoms with Gasteiger partial charge in [0.05, 0.1) is 34.3 Å². The quantitative estimate of drug-likeness (QED) is 0.941. The first-order valence-electron chi connectivity index (χ1n) is 7.00. The molecule has 1 aliphatic rings. The number of rotatable bonds is 3. The molecule has 4 nitrogen and oxygen atoms in total. The van der Waals surface area contributed by atoms with Crippen molar-refractivity contribution in [1.29, 1.82) is 0 Å². The van der Waals surface area contributed by atoms with E-state index in [0.717, 1.165) is 42.6 Å². The molecule has 2 aromatic rings. The number of hydrogen-bond donors (Lipinski definition) is 1. The van der Waals surface area contributed by atoms with E-state index in [1.165, 1.54) is 11.4 Å². The van der Waals surface area contributed by atoms with Crippen LogP contribution in [0.3, 0.4) is 0 Å². The van der Waals surface area contributed by atoms with Crippen molar-refractivity contribution >= 4 is 23.0 Å². The molecule has 106 valence electrons. The standard InChI is InChI=1S/C15H19ClN4/c1-3-20-14(15(16)11(2)18-20)10-19-9-8-17-12-6-4-5-7-13(12)19/h4-7,17H,3,8-10H2,1-2H3. The average molecular weight is 291 g/mol. The van der Waals surface area contributed by atoms with Crippen LogP contribution < -0.4 is 10.2 Å². The Morgan fingerprint density at radius 2 is 2.15 bits per heavy atom. The summed E-state index contributed by atoms with van der Waals surface area (Å²) >= 11 is 6.41. The van der Waals surface area contributed by atoms with Gasteiger partial charge >= 0.3 is 0 Å². The molecule has 2 heterocycles. The molecule has 3 rings (SSSR count). The summed E-state index contributed by atoms with van der Waals surface area (Å²) in [7, 11) is 0. The highest BCUT2D eigenvalue weighted by Crippen LogP contribution is 2.31. The van der Waals surface area contributed by atoms with E-state index in [2.05, 4.69) is 46.5 Å². The lowest BCUT2D eigenvalue weighted by atomic mass is 10.2. The molecular formula is C15H19ClN4. The number of aryl methyl sites for hydroxylation is 2. The van der Waals surface area contributed by atoms with Crippen LogP contribution in [0, 0.1) is 6.92 Å². The van der Waals surface area contributed by atoms with Crippen LogP contribution in [0.2, 0.25) is 5.02 Å². The minimum atomic E-state index is 0.794. The molecule has 0 unspecified atom stereocenters. The molecule has 0 aliphatic carbocycles. The third-order valence-electron chi connectivity index (χ3n) is 3.74. The summed E-state index contributed by atoms with van der Waals surface area (Å²) in [6.45, 7) is 7.62. The Morgan fingerprint density at radius 1 is 1.35 bits per heavy atom. The van der Waals surface area contributed by atoms with Crippen LogP contribution >= 0.6 is 11.6 Å². The monoisotopic (exact) mass is 290 g/mol. The summed E-state index contributed by atoms with van der Waals surface area (Å²) in [5.41, 5.74) is 4.43. The zero-order valence-electron chi connectivity index (χ0n) is 11.9. The van der Waals surface area contributed by atoms with Crippen LogP contribution in [-0.2, 0) is 13.1 Å². The van der Waals surface area contributed by atoms with Crippen LogP contribution in [0.1, 0.15) is 18.3 Å². The topological polar surface area (TPSA) is 33.1 Å². The van der Waals surface area contributed by atoms with Gasteiger partial charge in [0, 0.05) is 19.6 Å². The van der Waals surface area contributed by atoms with Gasteiger partial charge < -0.3 is 10.2 Å². The maximum atomic E-state index is 6.41. The Bertz CT molecular complexity index is 620. The van der Waals surface area contributed by atoms with Gasteiger partial charge in [0.2, 0.25) is 0 Å². The van der Waals surface area contributed by atoms with Gasteiger partial charge in [-0.05, 0) is 26.0 Å². The molecule has 1 N–H and O–H groups in total. The maximum Gasteiger partial charge on any atom is 0.0865 e. The number of aromatic nitrogens is 2. The molecule has 1 aromatic carbocycles. The summed E-state index contributed by atoms with van der Waals surface area (Å²) in [5, 5.41) is 8.72. The molecule has 20 heavy (non-hydrogen) atoms. The molecule has 0 radical (unpaired) electrons. The summed E-state index contributed by atoms with van der Waals surface area (Å²) in [4.78, 5) is 2.36. The summed E-state index contributed by atoms with van der Waals surface area (Å²) in [6.07, 6.45) is 0. The number of hydrogen-bond acceptors (Lipinski definition) is 3.